The Balaban J connectivity index is 2.90. The molecule has 1 aromatic rings. The zero-order valence-corrected chi connectivity index (χ0v) is 13.1. The minimum absolute atomic E-state index is 0.179. The first-order valence-corrected chi connectivity index (χ1v) is 7.23. The van der Waals surface area contributed by atoms with Gasteiger partial charge in [0.2, 0.25) is 0 Å². The van der Waals surface area contributed by atoms with Crippen molar-refractivity contribution in [2.45, 2.75) is 20.8 Å². The molecule has 5 nitrogen and oxygen atoms in total. The van der Waals surface area contributed by atoms with Crippen LogP contribution < -0.4 is 4.90 Å². The molecule has 1 aromatic heterocycles. The molecule has 1 heterocycles. The number of carbonyl (C=O) groups is 1. The Morgan fingerprint density at radius 1 is 1.37 bits per heavy atom. The van der Waals surface area contributed by atoms with Crippen LogP contribution >= 0.6 is 11.3 Å². The van der Waals surface area contributed by atoms with Gasteiger partial charge in [0.1, 0.15) is 0 Å². The predicted molar refractivity (Wildman–Crippen MR) is 79.4 cm³/mol. The Morgan fingerprint density at radius 3 is 2.42 bits per heavy atom. The van der Waals surface area contributed by atoms with E-state index >= 15 is 0 Å². The van der Waals surface area contributed by atoms with Crippen molar-refractivity contribution in [2.75, 3.05) is 38.6 Å². The average Bonchev–Trinajstić information content (AvgIpc) is 2.65. The second-order valence-corrected chi connectivity index (χ2v) is 6.53. The Hall–Kier alpha value is -1.14. The normalized spacial score (nSPS) is 11.3. The molecule has 0 amide bonds. The number of hydrogen-bond donors (Lipinski definition) is 1. The van der Waals surface area contributed by atoms with Crippen molar-refractivity contribution < 1.29 is 9.90 Å². The summed E-state index contributed by atoms with van der Waals surface area (Å²) < 4.78 is 0. The van der Waals surface area contributed by atoms with Crippen LogP contribution in [0.25, 0.3) is 0 Å². The van der Waals surface area contributed by atoms with E-state index < -0.39 is 5.97 Å². The number of hydrogen-bond acceptors (Lipinski definition) is 5. The highest BCUT2D eigenvalue weighted by Gasteiger charge is 2.18. The molecule has 108 valence electrons. The largest absolute Gasteiger partial charge is 0.476 e. The molecule has 0 saturated carbocycles. The molecule has 0 aromatic carbocycles. The van der Waals surface area contributed by atoms with Crippen LogP contribution in [0.2, 0.25) is 0 Å². The molecular weight excluding hydrogens is 262 g/mol. The van der Waals surface area contributed by atoms with Crippen LogP contribution in [0.4, 0.5) is 5.13 Å². The molecule has 0 aliphatic heterocycles. The summed E-state index contributed by atoms with van der Waals surface area (Å²) in [6.45, 7) is 8.79. The first kappa shape index (κ1) is 15.9. The van der Waals surface area contributed by atoms with Gasteiger partial charge in [0.25, 0.3) is 0 Å². The van der Waals surface area contributed by atoms with Gasteiger partial charge >= 0.3 is 5.97 Å². The lowest BCUT2D eigenvalue weighted by atomic mass is 10.2. The highest BCUT2D eigenvalue weighted by molar-refractivity contribution is 7.15. The zero-order valence-electron chi connectivity index (χ0n) is 12.3. The van der Waals surface area contributed by atoms with Crippen molar-refractivity contribution in [3.63, 3.8) is 0 Å². The number of likely N-dealkylation sites (N-methyl/N-ethyl adjacent to an activating group) is 1. The number of carboxylic acids is 1. The predicted octanol–water partition coefficient (Wildman–Crippen LogP) is 2.17. The monoisotopic (exact) mass is 285 g/mol. The Morgan fingerprint density at radius 2 is 2.00 bits per heavy atom. The highest BCUT2D eigenvalue weighted by Crippen LogP contribution is 2.26. The van der Waals surface area contributed by atoms with Crippen LogP contribution in [-0.2, 0) is 0 Å². The molecule has 0 unspecified atom stereocenters. The van der Waals surface area contributed by atoms with E-state index in [1.807, 2.05) is 21.0 Å². The molecule has 0 spiro atoms. The third kappa shape index (κ3) is 4.80. The maximum atomic E-state index is 11.1. The molecule has 1 N–H and O–H groups in total. The maximum absolute atomic E-state index is 11.1. The minimum Gasteiger partial charge on any atom is -0.476 e. The van der Waals surface area contributed by atoms with E-state index in [1.165, 1.54) is 11.3 Å². The molecular formula is C13H23N3O2S. The summed E-state index contributed by atoms with van der Waals surface area (Å²) in [5.74, 6) is -0.434. The van der Waals surface area contributed by atoms with E-state index in [9.17, 15) is 4.79 Å². The molecule has 0 fully saturated rings. The van der Waals surface area contributed by atoms with Gasteiger partial charge < -0.3 is 14.9 Å². The fourth-order valence-electron chi connectivity index (χ4n) is 1.74. The van der Waals surface area contributed by atoms with Crippen LogP contribution in [0.5, 0.6) is 0 Å². The van der Waals surface area contributed by atoms with E-state index in [-0.39, 0.29) is 5.69 Å². The van der Waals surface area contributed by atoms with Crippen molar-refractivity contribution in [2.24, 2.45) is 5.92 Å². The molecule has 19 heavy (non-hydrogen) atoms. The van der Waals surface area contributed by atoms with Crippen LogP contribution in [0.15, 0.2) is 0 Å². The smallest absolute Gasteiger partial charge is 0.355 e. The fraction of sp³-hybridized carbons (Fsp3) is 0.692. The summed E-state index contributed by atoms with van der Waals surface area (Å²) in [6, 6.07) is 0. The van der Waals surface area contributed by atoms with Crippen LogP contribution in [-0.4, -0.2) is 54.7 Å². The zero-order chi connectivity index (χ0) is 14.6. The van der Waals surface area contributed by atoms with Gasteiger partial charge in [0.15, 0.2) is 10.8 Å². The van der Waals surface area contributed by atoms with Gasteiger partial charge in [-0.25, -0.2) is 9.78 Å². The lowest BCUT2D eigenvalue weighted by Crippen LogP contribution is -2.34. The number of thiazole rings is 1. The fourth-order valence-corrected chi connectivity index (χ4v) is 2.68. The third-order valence-corrected chi connectivity index (χ3v) is 3.69. The van der Waals surface area contributed by atoms with Crippen molar-refractivity contribution >= 4 is 22.4 Å². The second-order valence-electron chi connectivity index (χ2n) is 5.35. The number of aromatic nitrogens is 1. The summed E-state index contributed by atoms with van der Waals surface area (Å²) in [5, 5.41) is 9.89. The minimum atomic E-state index is -0.947. The molecule has 6 heteroatoms. The Kier molecular flexibility index (Phi) is 5.75. The van der Waals surface area contributed by atoms with E-state index in [2.05, 4.69) is 28.6 Å². The highest BCUT2D eigenvalue weighted by atomic mass is 32.1. The van der Waals surface area contributed by atoms with Crippen molar-refractivity contribution in [1.29, 1.82) is 0 Å². The van der Waals surface area contributed by atoms with Crippen LogP contribution in [0.3, 0.4) is 0 Å². The maximum Gasteiger partial charge on any atom is 0.355 e. The lowest BCUT2D eigenvalue weighted by Gasteiger charge is -2.25. The quantitative estimate of drug-likeness (QED) is 0.832. The molecule has 0 aliphatic rings. The van der Waals surface area contributed by atoms with Gasteiger partial charge in [-0.3, -0.25) is 0 Å². The van der Waals surface area contributed by atoms with E-state index in [4.69, 9.17) is 5.11 Å². The summed E-state index contributed by atoms with van der Waals surface area (Å²) >= 11 is 1.46. The molecule has 0 aliphatic carbocycles. The second kappa shape index (κ2) is 6.86. The standard InChI is InChI=1S/C13H23N3O2S/c1-9(2)8-16(7-6-15(4)5)13-14-11(12(17)18)10(3)19-13/h9H,6-8H2,1-5H3,(H,17,18). The van der Waals surface area contributed by atoms with Crippen molar-refractivity contribution in [1.82, 2.24) is 9.88 Å². The molecule has 0 radical (unpaired) electrons. The van der Waals surface area contributed by atoms with Gasteiger partial charge in [-0.15, -0.1) is 11.3 Å². The van der Waals surface area contributed by atoms with Crippen molar-refractivity contribution in [3.8, 4) is 0 Å². The van der Waals surface area contributed by atoms with Crippen LogP contribution in [0.1, 0.15) is 29.2 Å². The lowest BCUT2D eigenvalue weighted by molar-refractivity contribution is 0.0690. The Labute approximate surface area is 118 Å². The first-order valence-electron chi connectivity index (χ1n) is 6.41. The molecule has 1 rings (SSSR count). The molecule has 0 atom stereocenters. The summed E-state index contributed by atoms with van der Waals surface area (Å²) in [5.41, 5.74) is 0.179. The van der Waals surface area contributed by atoms with Gasteiger partial charge in [0, 0.05) is 24.5 Å². The molecule has 0 bridgehead atoms. The topological polar surface area (TPSA) is 56.7 Å². The number of carboxylic acid groups (broad SMARTS) is 1. The summed E-state index contributed by atoms with van der Waals surface area (Å²) in [7, 11) is 4.06. The van der Waals surface area contributed by atoms with Crippen molar-refractivity contribution in [3.05, 3.63) is 10.6 Å². The average molecular weight is 285 g/mol. The van der Waals surface area contributed by atoms with Gasteiger partial charge in [0.05, 0.1) is 0 Å². The van der Waals surface area contributed by atoms with E-state index in [0.717, 1.165) is 29.6 Å². The number of rotatable bonds is 7. The SMILES string of the molecule is Cc1sc(N(CCN(C)C)CC(C)C)nc1C(=O)O. The summed E-state index contributed by atoms with van der Waals surface area (Å²) in [6.07, 6.45) is 0. The summed E-state index contributed by atoms with van der Waals surface area (Å²) in [4.78, 5) is 20.4. The number of aromatic carboxylic acids is 1. The Bertz CT molecular complexity index is 430. The van der Waals surface area contributed by atoms with E-state index in [1.54, 1.807) is 0 Å². The van der Waals surface area contributed by atoms with Gasteiger partial charge in [-0.05, 0) is 26.9 Å². The number of anilines is 1. The van der Waals surface area contributed by atoms with E-state index in [0.29, 0.717) is 5.92 Å². The third-order valence-electron chi connectivity index (χ3n) is 2.66. The van der Waals surface area contributed by atoms with Crippen LogP contribution in [0, 0.1) is 12.8 Å². The van der Waals surface area contributed by atoms with Gasteiger partial charge in [-0.1, -0.05) is 13.8 Å². The van der Waals surface area contributed by atoms with Gasteiger partial charge in [-0.2, -0.15) is 0 Å². The number of aryl methyl sites for hydroxylation is 1. The first-order chi connectivity index (χ1) is 8.81. The molecule has 0 saturated heterocycles. The number of nitrogens with zero attached hydrogens (tertiary/aromatic N) is 3.